The molecule has 0 saturated carbocycles. The summed E-state index contributed by atoms with van der Waals surface area (Å²) in [6.45, 7) is 8.73. The van der Waals surface area contributed by atoms with Gasteiger partial charge in [-0.2, -0.15) is 0 Å². The van der Waals surface area contributed by atoms with Crippen LogP contribution in [0.4, 0.5) is 0 Å². The summed E-state index contributed by atoms with van der Waals surface area (Å²) < 4.78 is 0. The van der Waals surface area contributed by atoms with E-state index in [1.165, 1.54) is 24.0 Å². The molecule has 2 aliphatic heterocycles. The summed E-state index contributed by atoms with van der Waals surface area (Å²) in [4.78, 5) is 16.7. The molecule has 0 radical (unpaired) electrons. The van der Waals surface area contributed by atoms with E-state index in [2.05, 4.69) is 36.9 Å². The zero-order chi connectivity index (χ0) is 17.8. The van der Waals surface area contributed by atoms with Crippen LogP contribution in [-0.4, -0.2) is 53.5 Å². The van der Waals surface area contributed by atoms with E-state index in [1.54, 1.807) is 0 Å². The van der Waals surface area contributed by atoms with Gasteiger partial charge >= 0.3 is 0 Å². The van der Waals surface area contributed by atoms with E-state index in [4.69, 9.17) is 0 Å². The number of nitrogens with zero attached hydrogens (tertiary/aromatic N) is 2. The molecule has 1 N–H and O–H groups in total. The van der Waals surface area contributed by atoms with Gasteiger partial charge in [0.1, 0.15) is 0 Å². The molecule has 1 unspecified atom stereocenters. The Bertz CT molecular complexity index is 567. The molecule has 1 amide bonds. The Morgan fingerprint density at radius 1 is 1.08 bits per heavy atom. The van der Waals surface area contributed by atoms with Crippen molar-refractivity contribution in [3.63, 3.8) is 0 Å². The molecule has 25 heavy (non-hydrogen) atoms. The Morgan fingerprint density at radius 3 is 2.28 bits per heavy atom. The molecule has 0 aromatic heterocycles. The van der Waals surface area contributed by atoms with E-state index < -0.39 is 6.10 Å². The standard InChI is InChI=1S/C21H32N2O2/c1-16-11-17(2)13-19(12-16)20(24)15-22-9-5-18(6-10-22)14-21(25)23-7-3-4-8-23/h11-13,18,20,24H,3-10,14-15H2,1-2H3. The maximum absolute atomic E-state index is 12.3. The number of hydrogen-bond donors (Lipinski definition) is 1. The number of piperidine rings is 1. The van der Waals surface area contributed by atoms with Crippen LogP contribution in [0.3, 0.4) is 0 Å². The number of rotatable bonds is 5. The van der Waals surface area contributed by atoms with Crippen LogP contribution in [0.25, 0.3) is 0 Å². The number of likely N-dealkylation sites (tertiary alicyclic amines) is 2. The normalized spacial score (nSPS) is 20.8. The maximum atomic E-state index is 12.3. The molecular formula is C21H32N2O2. The quantitative estimate of drug-likeness (QED) is 0.893. The van der Waals surface area contributed by atoms with E-state index in [1.807, 2.05) is 4.90 Å². The van der Waals surface area contributed by atoms with E-state index >= 15 is 0 Å². The van der Waals surface area contributed by atoms with Gasteiger partial charge in [0.25, 0.3) is 0 Å². The van der Waals surface area contributed by atoms with Crippen LogP contribution in [0, 0.1) is 19.8 Å². The lowest BCUT2D eigenvalue weighted by Crippen LogP contribution is -2.38. The Labute approximate surface area is 151 Å². The molecule has 4 nitrogen and oxygen atoms in total. The summed E-state index contributed by atoms with van der Waals surface area (Å²) in [6.07, 6.45) is 4.76. The van der Waals surface area contributed by atoms with Crippen molar-refractivity contribution in [2.24, 2.45) is 5.92 Å². The number of amides is 1. The van der Waals surface area contributed by atoms with E-state index in [0.717, 1.165) is 44.6 Å². The summed E-state index contributed by atoms with van der Waals surface area (Å²) in [5, 5.41) is 10.6. The number of carbonyl (C=O) groups excluding carboxylic acids is 1. The van der Waals surface area contributed by atoms with Gasteiger partial charge in [-0.25, -0.2) is 0 Å². The lowest BCUT2D eigenvalue weighted by atomic mass is 9.92. The predicted octanol–water partition coefficient (Wildman–Crippen LogP) is 3.06. The SMILES string of the molecule is Cc1cc(C)cc(C(O)CN2CCC(CC(=O)N3CCCC3)CC2)c1. The zero-order valence-electron chi connectivity index (χ0n) is 15.7. The number of aliphatic hydroxyl groups is 1. The van der Waals surface area contributed by atoms with Crippen LogP contribution >= 0.6 is 0 Å². The molecule has 0 spiro atoms. The van der Waals surface area contributed by atoms with Crippen LogP contribution in [0.2, 0.25) is 0 Å². The van der Waals surface area contributed by atoms with Gasteiger partial charge in [-0.15, -0.1) is 0 Å². The molecule has 0 bridgehead atoms. The molecule has 2 heterocycles. The highest BCUT2D eigenvalue weighted by Gasteiger charge is 2.26. The zero-order valence-corrected chi connectivity index (χ0v) is 15.7. The van der Waals surface area contributed by atoms with Crippen LogP contribution < -0.4 is 0 Å². The molecule has 3 rings (SSSR count). The fourth-order valence-electron chi connectivity index (χ4n) is 4.27. The van der Waals surface area contributed by atoms with Crippen molar-refractivity contribution in [2.45, 2.75) is 52.1 Å². The van der Waals surface area contributed by atoms with Gasteiger partial charge in [0.2, 0.25) is 5.91 Å². The Kier molecular flexibility index (Phi) is 6.13. The smallest absolute Gasteiger partial charge is 0.222 e. The number of hydrogen-bond acceptors (Lipinski definition) is 3. The van der Waals surface area contributed by atoms with Crippen LogP contribution in [0.1, 0.15) is 54.9 Å². The van der Waals surface area contributed by atoms with Gasteiger partial charge in [0.15, 0.2) is 0 Å². The Morgan fingerprint density at radius 2 is 1.68 bits per heavy atom. The van der Waals surface area contributed by atoms with Gasteiger partial charge in [0, 0.05) is 26.1 Å². The second-order valence-electron chi connectivity index (χ2n) is 7.97. The first-order chi connectivity index (χ1) is 12.0. The lowest BCUT2D eigenvalue weighted by Gasteiger charge is -2.33. The van der Waals surface area contributed by atoms with Gasteiger partial charge < -0.3 is 14.9 Å². The first-order valence-electron chi connectivity index (χ1n) is 9.77. The number of carbonyl (C=O) groups is 1. The number of aryl methyl sites for hydroxylation is 2. The van der Waals surface area contributed by atoms with Crippen molar-refractivity contribution >= 4 is 5.91 Å². The fraction of sp³-hybridized carbons (Fsp3) is 0.667. The maximum Gasteiger partial charge on any atom is 0.222 e. The number of aliphatic hydroxyl groups excluding tert-OH is 1. The molecule has 1 aromatic rings. The van der Waals surface area contributed by atoms with Crippen LogP contribution in [0.15, 0.2) is 18.2 Å². The van der Waals surface area contributed by atoms with Crippen molar-refractivity contribution in [3.05, 3.63) is 34.9 Å². The highest BCUT2D eigenvalue weighted by molar-refractivity contribution is 5.76. The molecule has 138 valence electrons. The minimum atomic E-state index is -0.429. The molecule has 1 aromatic carbocycles. The second-order valence-corrected chi connectivity index (χ2v) is 7.97. The van der Waals surface area contributed by atoms with Crippen LogP contribution in [0.5, 0.6) is 0 Å². The third kappa shape index (κ3) is 5.05. The van der Waals surface area contributed by atoms with E-state index in [0.29, 0.717) is 24.8 Å². The topological polar surface area (TPSA) is 43.8 Å². The summed E-state index contributed by atoms with van der Waals surface area (Å²) in [5.74, 6) is 0.869. The van der Waals surface area contributed by atoms with Crippen molar-refractivity contribution < 1.29 is 9.90 Å². The highest BCUT2D eigenvalue weighted by atomic mass is 16.3. The monoisotopic (exact) mass is 344 g/mol. The van der Waals surface area contributed by atoms with Gasteiger partial charge in [-0.3, -0.25) is 4.79 Å². The minimum absolute atomic E-state index is 0.353. The molecule has 2 saturated heterocycles. The average Bonchev–Trinajstić information content (AvgIpc) is 3.10. The predicted molar refractivity (Wildman–Crippen MR) is 100 cm³/mol. The molecular weight excluding hydrogens is 312 g/mol. The second kappa shape index (κ2) is 8.33. The molecule has 0 aliphatic carbocycles. The number of β-amino-alcohol motifs (C(OH)–C–C–N with tert-alkyl or cyclic N) is 1. The van der Waals surface area contributed by atoms with E-state index in [9.17, 15) is 9.90 Å². The van der Waals surface area contributed by atoms with Gasteiger partial charge in [0.05, 0.1) is 6.10 Å². The minimum Gasteiger partial charge on any atom is -0.387 e. The lowest BCUT2D eigenvalue weighted by molar-refractivity contribution is -0.131. The van der Waals surface area contributed by atoms with Crippen LogP contribution in [-0.2, 0) is 4.79 Å². The summed E-state index contributed by atoms with van der Waals surface area (Å²) in [6, 6.07) is 6.30. The molecule has 1 atom stereocenters. The van der Waals surface area contributed by atoms with Gasteiger partial charge in [-0.1, -0.05) is 29.3 Å². The average molecular weight is 344 g/mol. The molecule has 2 aliphatic rings. The summed E-state index contributed by atoms with van der Waals surface area (Å²) in [7, 11) is 0. The third-order valence-corrected chi connectivity index (χ3v) is 5.69. The van der Waals surface area contributed by atoms with Crippen molar-refractivity contribution in [3.8, 4) is 0 Å². The summed E-state index contributed by atoms with van der Waals surface area (Å²) >= 11 is 0. The fourth-order valence-corrected chi connectivity index (χ4v) is 4.27. The first-order valence-corrected chi connectivity index (χ1v) is 9.77. The van der Waals surface area contributed by atoms with Crippen molar-refractivity contribution in [1.29, 1.82) is 0 Å². The van der Waals surface area contributed by atoms with Crippen molar-refractivity contribution in [2.75, 3.05) is 32.7 Å². The first kappa shape index (κ1) is 18.4. The Balaban J connectivity index is 1.44. The molecule has 2 fully saturated rings. The van der Waals surface area contributed by atoms with E-state index in [-0.39, 0.29) is 0 Å². The Hall–Kier alpha value is -1.39. The third-order valence-electron chi connectivity index (χ3n) is 5.69. The van der Waals surface area contributed by atoms with Gasteiger partial charge in [-0.05, 0) is 64.1 Å². The van der Waals surface area contributed by atoms with Crippen molar-refractivity contribution in [1.82, 2.24) is 9.80 Å². The summed E-state index contributed by atoms with van der Waals surface area (Å²) in [5.41, 5.74) is 3.42. The largest absolute Gasteiger partial charge is 0.387 e. The number of benzene rings is 1. The highest BCUT2D eigenvalue weighted by Crippen LogP contribution is 2.25. The molecule has 4 heteroatoms.